The van der Waals surface area contributed by atoms with E-state index in [2.05, 4.69) is 5.32 Å². The lowest BCUT2D eigenvalue weighted by atomic mass is 10.1. The Kier molecular flexibility index (Phi) is 4.18. The molecule has 1 unspecified atom stereocenters. The van der Waals surface area contributed by atoms with E-state index < -0.39 is 29.6 Å². The van der Waals surface area contributed by atoms with Crippen LogP contribution in [0.5, 0.6) is 0 Å². The second-order valence-corrected chi connectivity index (χ2v) is 4.18. The van der Waals surface area contributed by atoms with Gasteiger partial charge < -0.3 is 11.1 Å². The third-order valence-corrected chi connectivity index (χ3v) is 2.44. The van der Waals surface area contributed by atoms with Gasteiger partial charge in [-0.15, -0.1) is 0 Å². The zero-order valence-electron chi connectivity index (χ0n) is 10.3. The lowest BCUT2D eigenvalue weighted by molar-refractivity contribution is -0.137. The van der Waals surface area contributed by atoms with Crippen molar-refractivity contribution in [1.82, 2.24) is 5.32 Å². The van der Waals surface area contributed by atoms with Gasteiger partial charge in [0, 0.05) is 5.56 Å². The van der Waals surface area contributed by atoms with E-state index in [1.807, 2.05) is 0 Å². The molecular weight excluding hydrogens is 261 g/mol. The number of hydrogen-bond acceptors (Lipinski definition) is 2. The maximum atomic E-state index is 12.6. The fourth-order valence-corrected chi connectivity index (χ4v) is 1.43. The Bertz CT molecular complexity index is 512. The molecule has 4 nitrogen and oxygen atoms in total. The Morgan fingerprint density at radius 2 is 1.84 bits per heavy atom. The number of nitrogens with one attached hydrogen (secondary N) is 1. The molecule has 0 bridgehead atoms. The van der Waals surface area contributed by atoms with E-state index in [-0.39, 0.29) is 5.56 Å². The fourth-order valence-electron chi connectivity index (χ4n) is 1.43. The van der Waals surface area contributed by atoms with Crippen molar-refractivity contribution in [3.63, 3.8) is 0 Å². The van der Waals surface area contributed by atoms with Crippen LogP contribution < -0.4 is 11.1 Å². The van der Waals surface area contributed by atoms with E-state index in [4.69, 9.17) is 5.73 Å². The number of carbonyl (C=O) groups excluding carboxylic acids is 2. The molecular formula is C12H13F3N2O2. The summed E-state index contributed by atoms with van der Waals surface area (Å²) in [6.45, 7) is 2.80. The molecule has 104 valence electrons. The summed E-state index contributed by atoms with van der Waals surface area (Å²) in [4.78, 5) is 22.5. The summed E-state index contributed by atoms with van der Waals surface area (Å²) in [6, 6.07) is 2.02. The normalized spacial score (nSPS) is 12.9. The molecule has 0 aliphatic carbocycles. The number of alkyl halides is 3. The Hall–Kier alpha value is -2.05. The van der Waals surface area contributed by atoms with Crippen LogP contribution in [0.15, 0.2) is 18.2 Å². The first-order valence-electron chi connectivity index (χ1n) is 5.40. The standard InChI is InChI=1S/C12H13F3N2O2/c1-6-3-8(5-9(4-6)12(13,14)15)11(19)17-7(2)10(16)18/h3-5,7H,1-2H3,(H2,16,18)(H,17,19). The quantitative estimate of drug-likeness (QED) is 0.879. The molecule has 19 heavy (non-hydrogen) atoms. The first kappa shape index (κ1) is 15.0. The largest absolute Gasteiger partial charge is 0.416 e. The van der Waals surface area contributed by atoms with Crippen LogP contribution in [-0.2, 0) is 11.0 Å². The number of hydrogen-bond donors (Lipinski definition) is 2. The molecule has 1 rings (SSSR count). The Morgan fingerprint density at radius 1 is 1.26 bits per heavy atom. The van der Waals surface area contributed by atoms with Gasteiger partial charge in [-0.25, -0.2) is 0 Å². The lowest BCUT2D eigenvalue weighted by Crippen LogP contribution is -2.42. The van der Waals surface area contributed by atoms with Crippen LogP contribution in [-0.4, -0.2) is 17.9 Å². The Balaban J connectivity index is 3.04. The van der Waals surface area contributed by atoms with Crippen LogP contribution in [0.25, 0.3) is 0 Å². The molecule has 0 spiro atoms. The van der Waals surface area contributed by atoms with Gasteiger partial charge in [-0.3, -0.25) is 9.59 Å². The first-order chi connectivity index (χ1) is 8.61. The van der Waals surface area contributed by atoms with Crippen molar-refractivity contribution in [1.29, 1.82) is 0 Å². The summed E-state index contributed by atoms with van der Waals surface area (Å²) in [5.41, 5.74) is 4.18. The predicted octanol–water partition coefficient (Wildman–Crippen LogP) is 1.62. The van der Waals surface area contributed by atoms with E-state index in [1.165, 1.54) is 19.9 Å². The van der Waals surface area contributed by atoms with Gasteiger partial charge in [0.25, 0.3) is 5.91 Å². The van der Waals surface area contributed by atoms with Crippen LogP contribution in [0.2, 0.25) is 0 Å². The summed E-state index contributed by atoms with van der Waals surface area (Å²) in [5, 5.41) is 2.22. The second kappa shape index (κ2) is 5.29. The van der Waals surface area contributed by atoms with Gasteiger partial charge in [0.05, 0.1) is 5.56 Å². The van der Waals surface area contributed by atoms with Crippen molar-refractivity contribution in [2.45, 2.75) is 26.1 Å². The molecule has 1 aromatic rings. The number of carbonyl (C=O) groups is 2. The first-order valence-corrected chi connectivity index (χ1v) is 5.40. The Labute approximate surface area is 107 Å². The van der Waals surface area contributed by atoms with Gasteiger partial charge in [-0.05, 0) is 37.6 Å². The third kappa shape index (κ3) is 3.97. The van der Waals surface area contributed by atoms with E-state index in [0.29, 0.717) is 5.56 Å². The van der Waals surface area contributed by atoms with E-state index >= 15 is 0 Å². The summed E-state index contributed by atoms with van der Waals surface area (Å²) >= 11 is 0. The number of amides is 2. The molecule has 0 aliphatic heterocycles. The minimum atomic E-state index is -4.53. The van der Waals surface area contributed by atoms with Gasteiger partial charge >= 0.3 is 6.18 Å². The average Bonchev–Trinajstić information content (AvgIpc) is 2.26. The minimum absolute atomic E-state index is 0.166. The van der Waals surface area contributed by atoms with Crippen LogP contribution in [0.4, 0.5) is 13.2 Å². The maximum absolute atomic E-state index is 12.6. The highest BCUT2D eigenvalue weighted by Gasteiger charge is 2.31. The molecule has 0 fully saturated rings. The third-order valence-electron chi connectivity index (χ3n) is 2.44. The fraction of sp³-hybridized carbons (Fsp3) is 0.333. The average molecular weight is 274 g/mol. The van der Waals surface area contributed by atoms with Crippen LogP contribution in [0, 0.1) is 6.92 Å². The zero-order chi connectivity index (χ0) is 14.8. The van der Waals surface area contributed by atoms with Crippen molar-refractivity contribution in [2.75, 3.05) is 0 Å². The number of halogens is 3. The van der Waals surface area contributed by atoms with Gasteiger partial charge in [0.1, 0.15) is 6.04 Å². The van der Waals surface area contributed by atoms with Crippen LogP contribution >= 0.6 is 0 Å². The number of benzene rings is 1. The van der Waals surface area contributed by atoms with Gasteiger partial charge in [-0.1, -0.05) is 0 Å². The second-order valence-electron chi connectivity index (χ2n) is 4.18. The highest BCUT2D eigenvalue weighted by Crippen LogP contribution is 2.30. The van der Waals surface area contributed by atoms with Crippen molar-refractivity contribution in [3.05, 3.63) is 34.9 Å². The summed E-state index contributed by atoms with van der Waals surface area (Å²) in [6.07, 6.45) is -4.53. The van der Waals surface area contributed by atoms with Crippen molar-refractivity contribution >= 4 is 11.8 Å². The number of aryl methyl sites for hydroxylation is 1. The minimum Gasteiger partial charge on any atom is -0.368 e. The van der Waals surface area contributed by atoms with Crippen molar-refractivity contribution in [3.8, 4) is 0 Å². The monoisotopic (exact) mass is 274 g/mol. The SMILES string of the molecule is Cc1cc(C(=O)NC(C)C(N)=O)cc(C(F)(F)F)c1. The predicted molar refractivity (Wildman–Crippen MR) is 62.3 cm³/mol. The molecule has 0 aliphatic rings. The van der Waals surface area contributed by atoms with Crippen molar-refractivity contribution in [2.24, 2.45) is 5.73 Å². The molecule has 0 aromatic heterocycles. The van der Waals surface area contributed by atoms with Gasteiger partial charge in [-0.2, -0.15) is 13.2 Å². The summed E-state index contributed by atoms with van der Waals surface area (Å²) in [7, 11) is 0. The van der Waals surface area contributed by atoms with E-state index in [1.54, 1.807) is 0 Å². The zero-order valence-corrected chi connectivity index (χ0v) is 10.3. The molecule has 0 saturated carbocycles. The molecule has 1 atom stereocenters. The molecule has 0 radical (unpaired) electrons. The number of rotatable bonds is 3. The van der Waals surface area contributed by atoms with Crippen molar-refractivity contribution < 1.29 is 22.8 Å². The lowest BCUT2D eigenvalue weighted by Gasteiger charge is -2.13. The molecule has 3 N–H and O–H groups in total. The number of nitrogens with two attached hydrogens (primary N) is 1. The smallest absolute Gasteiger partial charge is 0.368 e. The van der Waals surface area contributed by atoms with Crippen LogP contribution in [0.1, 0.15) is 28.4 Å². The maximum Gasteiger partial charge on any atom is 0.416 e. The number of primary amides is 1. The highest BCUT2D eigenvalue weighted by molar-refractivity contribution is 5.97. The highest BCUT2D eigenvalue weighted by atomic mass is 19.4. The van der Waals surface area contributed by atoms with Gasteiger partial charge in [0.15, 0.2) is 0 Å². The molecule has 7 heteroatoms. The van der Waals surface area contributed by atoms with Gasteiger partial charge in [0.2, 0.25) is 5.91 Å². The molecule has 0 heterocycles. The topological polar surface area (TPSA) is 72.2 Å². The summed E-state index contributed by atoms with van der Waals surface area (Å²) in [5.74, 6) is -1.54. The van der Waals surface area contributed by atoms with E-state index in [9.17, 15) is 22.8 Å². The van der Waals surface area contributed by atoms with Crippen LogP contribution in [0.3, 0.4) is 0 Å². The molecule has 0 saturated heterocycles. The molecule has 1 aromatic carbocycles. The Morgan fingerprint density at radius 3 is 2.32 bits per heavy atom. The molecule has 2 amide bonds. The van der Waals surface area contributed by atoms with E-state index in [0.717, 1.165) is 12.1 Å². The summed E-state index contributed by atoms with van der Waals surface area (Å²) < 4.78 is 37.8.